The molecule has 0 radical (unpaired) electrons. The van der Waals surface area contributed by atoms with Gasteiger partial charge in [-0.2, -0.15) is 4.98 Å². The molecule has 1 aromatic heterocycles. The molecule has 3 atom stereocenters. The van der Waals surface area contributed by atoms with Gasteiger partial charge in [0.2, 0.25) is 0 Å². The molecule has 0 N–H and O–H groups in total. The summed E-state index contributed by atoms with van der Waals surface area (Å²) in [6.07, 6.45) is -0.806. The molecular formula is C14H16FN3OS. The van der Waals surface area contributed by atoms with E-state index in [1.165, 1.54) is 0 Å². The van der Waals surface area contributed by atoms with E-state index < -0.39 is 17.3 Å². The van der Waals surface area contributed by atoms with Gasteiger partial charge in [-0.3, -0.25) is 0 Å². The number of benzene rings is 1. The molecule has 2 aromatic rings. The summed E-state index contributed by atoms with van der Waals surface area (Å²) in [5, 5.41) is 4.44. The van der Waals surface area contributed by atoms with E-state index in [0.717, 1.165) is 5.56 Å². The van der Waals surface area contributed by atoms with Gasteiger partial charge in [0, 0.05) is 17.6 Å². The minimum Gasteiger partial charge on any atom is -0.609 e. The molecule has 6 heteroatoms. The van der Waals surface area contributed by atoms with E-state index in [2.05, 4.69) is 10.1 Å². The fourth-order valence-corrected chi connectivity index (χ4v) is 3.18. The van der Waals surface area contributed by atoms with Crippen LogP contribution in [0.4, 0.5) is 4.39 Å². The minimum atomic E-state index is -1.29. The van der Waals surface area contributed by atoms with Crippen molar-refractivity contribution < 1.29 is 8.94 Å². The normalized spacial score (nSPS) is 23.1. The Bertz CT molecular complexity index is 602. The van der Waals surface area contributed by atoms with Crippen molar-refractivity contribution in [3.05, 3.63) is 41.7 Å². The number of hydrogen-bond donors (Lipinski definition) is 0. The number of aromatic nitrogens is 3. The molecular weight excluding hydrogens is 277 g/mol. The van der Waals surface area contributed by atoms with Gasteiger partial charge in [-0.1, -0.05) is 30.3 Å². The Balaban J connectivity index is 1.98. The van der Waals surface area contributed by atoms with Crippen LogP contribution in [0.25, 0.3) is 0 Å². The number of halogens is 1. The van der Waals surface area contributed by atoms with E-state index in [-0.39, 0.29) is 16.4 Å². The number of rotatable bonds is 3. The molecule has 0 fully saturated rings. The molecule has 4 nitrogen and oxygen atoms in total. The van der Waals surface area contributed by atoms with Gasteiger partial charge in [0.25, 0.3) is 0 Å². The van der Waals surface area contributed by atoms with Gasteiger partial charge in [0.05, 0.1) is 6.04 Å². The molecule has 0 spiro atoms. The average Bonchev–Trinajstić information content (AvgIpc) is 3.00. The van der Waals surface area contributed by atoms with E-state index in [1.54, 1.807) is 4.68 Å². The first-order chi connectivity index (χ1) is 9.58. The van der Waals surface area contributed by atoms with E-state index in [1.807, 2.05) is 44.2 Å². The molecule has 106 valence electrons. The molecule has 0 saturated carbocycles. The first-order valence-electron chi connectivity index (χ1n) is 6.64. The van der Waals surface area contributed by atoms with E-state index >= 15 is 0 Å². The fourth-order valence-electron chi connectivity index (χ4n) is 2.41. The van der Waals surface area contributed by atoms with Gasteiger partial charge in [-0.25, -0.2) is 9.07 Å². The van der Waals surface area contributed by atoms with Gasteiger partial charge in [0.15, 0.2) is 12.0 Å². The molecule has 0 bridgehead atoms. The zero-order chi connectivity index (χ0) is 14.3. The van der Waals surface area contributed by atoms with Crippen molar-refractivity contribution in [1.29, 1.82) is 0 Å². The number of fused-ring (bicyclic) bond motifs is 1. The Hall–Kier alpha value is -1.40. The van der Waals surface area contributed by atoms with Crippen LogP contribution in [0.5, 0.6) is 0 Å². The van der Waals surface area contributed by atoms with Gasteiger partial charge in [-0.05, 0) is 19.4 Å². The Morgan fingerprint density at radius 2 is 2.05 bits per heavy atom. The summed E-state index contributed by atoms with van der Waals surface area (Å²) in [5.41, 5.74) is 1.00. The summed E-state index contributed by atoms with van der Waals surface area (Å²) < 4.78 is 27.8. The third-order valence-electron chi connectivity index (χ3n) is 3.44. The summed E-state index contributed by atoms with van der Waals surface area (Å²) >= 11 is -1.29. The molecule has 1 aliphatic rings. The zero-order valence-electron chi connectivity index (χ0n) is 11.4. The van der Waals surface area contributed by atoms with Crippen molar-refractivity contribution in [1.82, 2.24) is 14.8 Å². The minimum absolute atomic E-state index is 0.0774. The molecule has 20 heavy (non-hydrogen) atoms. The highest BCUT2D eigenvalue weighted by molar-refractivity contribution is 7.91. The Labute approximate surface area is 120 Å². The van der Waals surface area contributed by atoms with Crippen molar-refractivity contribution in [2.45, 2.75) is 42.9 Å². The molecule has 0 aliphatic carbocycles. The van der Waals surface area contributed by atoms with Crippen molar-refractivity contribution >= 4 is 11.2 Å². The summed E-state index contributed by atoms with van der Waals surface area (Å²) in [6.45, 7) is 3.67. The van der Waals surface area contributed by atoms with E-state index in [0.29, 0.717) is 12.2 Å². The lowest BCUT2D eigenvalue weighted by molar-refractivity contribution is 0.326. The average molecular weight is 293 g/mol. The summed E-state index contributed by atoms with van der Waals surface area (Å²) in [5.74, 6) is 0.294. The second kappa shape index (κ2) is 5.18. The quantitative estimate of drug-likeness (QED) is 0.818. The topological polar surface area (TPSA) is 53.8 Å². The van der Waals surface area contributed by atoms with Gasteiger partial charge in [0.1, 0.15) is 5.25 Å². The van der Waals surface area contributed by atoms with Crippen LogP contribution < -0.4 is 0 Å². The van der Waals surface area contributed by atoms with Crippen LogP contribution in [0.2, 0.25) is 0 Å². The third-order valence-corrected chi connectivity index (χ3v) is 4.83. The van der Waals surface area contributed by atoms with E-state index in [9.17, 15) is 8.94 Å². The molecule has 2 heterocycles. The highest BCUT2D eigenvalue weighted by atomic mass is 32.2. The first-order valence-corrected chi connectivity index (χ1v) is 7.85. The third kappa shape index (κ3) is 2.23. The van der Waals surface area contributed by atoms with Crippen molar-refractivity contribution in [2.24, 2.45) is 0 Å². The summed E-state index contributed by atoms with van der Waals surface area (Å²) in [7, 11) is 0. The predicted octanol–water partition coefficient (Wildman–Crippen LogP) is 2.80. The van der Waals surface area contributed by atoms with Crippen LogP contribution in [-0.2, 0) is 11.2 Å². The SMILES string of the molecule is CC(C)[S@+]([O-])c1nc2n(n1)[C@H](c1ccccc1)C[C@@H]2F. The zero-order valence-corrected chi connectivity index (χ0v) is 12.2. The van der Waals surface area contributed by atoms with Crippen molar-refractivity contribution in [3.63, 3.8) is 0 Å². The lowest BCUT2D eigenvalue weighted by Crippen LogP contribution is -2.17. The largest absolute Gasteiger partial charge is 0.609 e. The molecule has 0 saturated heterocycles. The number of nitrogens with zero attached hydrogens (tertiary/aromatic N) is 3. The van der Waals surface area contributed by atoms with Gasteiger partial charge < -0.3 is 4.55 Å². The molecule has 0 amide bonds. The van der Waals surface area contributed by atoms with Gasteiger partial charge >= 0.3 is 5.16 Å². The van der Waals surface area contributed by atoms with E-state index in [4.69, 9.17) is 0 Å². The summed E-state index contributed by atoms with van der Waals surface area (Å²) in [6, 6.07) is 9.51. The first kappa shape index (κ1) is 13.6. The van der Waals surface area contributed by atoms with Crippen LogP contribution >= 0.6 is 0 Å². The Morgan fingerprint density at radius 3 is 2.70 bits per heavy atom. The monoisotopic (exact) mass is 293 g/mol. The highest BCUT2D eigenvalue weighted by Crippen LogP contribution is 2.39. The lowest BCUT2D eigenvalue weighted by Gasteiger charge is -2.12. The van der Waals surface area contributed by atoms with Crippen molar-refractivity contribution in [3.8, 4) is 0 Å². The van der Waals surface area contributed by atoms with Crippen LogP contribution in [0.3, 0.4) is 0 Å². The molecule has 1 aliphatic heterocycles. The maximum atomic E-state index is 14.1. The predicted molar refractivity (Wildman–Crippen MR) is 74.6 cm³/mol. The fraction of sp³-hybridized carbons (Fsp3) is 0.429. The second-order valence-corrected chi connectivity index (χ2v) is 7.08. The Morgan fingerprint density at radius 1 is 1.35 bits per heavy atom. The van der Waals surface area contributed by atoms with Crippen LogP contribution in [-0.4, -0.2) is 24.6 Å². The maximum Gasteiger partial charge on any atom is 0.361 e. The summed E-state index contributed by atoms with van der Waals surface area (Å²) in [4.78, 5) is 4.15. The standard InChI is InChI=1S/C14H16FN3OS/c1-9(2)20(19)14-16-13-11(15)8-12(18(13)17-14)10-6-4-3-5-7-10/h3-7,9,11-12H,8H2,1-2H3/t11-,12-,20-/m0/s1. The van der Waals surface area contributed by atoms with Crippen LogP contribution in [0, 0.1) is 0 Å². The Kier molecular flexibility index (Phi) is 3.52. The van der Waals surface area contributed by atoms with Crippen molar-refractivity contribution in [2.75, 3.05) is 0 Å². The second-order valence-electron chi connectivity index (χ2n) is 5.17. The number of alkyl halides is 1. The molecule has 1 aromatic carbocycles. The smallest absolute Gasteiger partial charge is 0.361 e. The maximum absolute atomic E-state index is 14.1. The van der Waals surface area contributed by atoms with Crippen LogP contribution in [0.1, 0.15) is 43.9 Å². The molecule has 3 rings (SSSR count). The highest BCUT2D eigenvalue weighted by Gasteiger charge is 2.37. The van der Waals surface area contributed by atoms with Crippen LogP contribution in [0.15, 0.2) is 35.5 Å². The molecule has 0 unspecified atom stereocenters. The number of hydrogen-bond acceptors (Lipinski definition) is 3. The van der Waals surface area contributed by atoms with Gasteiger partial charge in [-0.15, -0.1) is 5.10 Å². The lowest BCUT2D eigenvalue weighted by atomic mass is 10.0.